The number of fused-ring (bicyclic) bond motifs is 2. The van der Waals surface area contributed by atoms with Gasteiger partial charge >= 0.3 is 0 Å². The van der Waals surface area contributed by atoms with Gasteiger partial charge in [0.2, 0.25) is 17.8 Å². The van der Waals surface area contributed by atoms with Gasteiger partial charge in [-0.3, -0.25) is 9.59 Å². The first-order valence-electron chi connectivity index (χ1n) is 11.7. The molecule has 3 N–H and O–H groups in total. The van der Waals surface area contributed by atoms with Crippen molar-refractivity contribution in [3.8, 4) is 5.75 Å². The number of ether oxygens (including phenoxy) is 1. The third-order valence-corrected chi connectivity index (χ3v) is 7.29. The maximum atomic E-state index is 13.3. The molecule has 2 atom stereocenters. The number of nitrogens with zero attached hydrogens (tertiary/aromatic N) is 4. The van der Waals surface area contributed by atoms with E-state index in [-0.39, 0.29) is 17.9 Å². The SMILES string of the molecule is COc1cc(C(N)=O)ccc1Nc1ncc2c(n1)N(C1CCCC1)[C@@H]1CCC[C@@H]1C(=O)N2C. The van der Waals surface area contributed by atoms with Gasteiger partial charge in [-0.25, -0.2) is 4.98 Å². The fraction of sp³-hybridized carbons (Fsp3) is 0.500. The summed E-state index contributed by atoms with van der Waals surface area (Å²) < 4.78 is 5.44. The van der Waals surface area contributed by atoms with Crippen LogP contribution in [0, 0.1) is 5.92 Å². The van der Waals surface area contributed by atoms with E-state index in [4.69, 9.17) is 15.5 Å². The molecule has 2 aromatic rings. The van der Waals surface area contributed by atoms with Crippen LogP contribution in [0.15, 0.2) is 24.4 Å². The number of methoxy groups -OCH3 is 1. The Labute approximate surface area is 193 Å². The Hall–Kier alpha value is -3.36. The minimum Gasteiger partial charge on any atom is -0.495 e. The van der Waals surface area contributed by atoms with Crippen molar-refractivity contribution in [3.63, 3.8) is 0 Å². The van der Waals surface area contributed by atoms with E-state index < -0.39 is 5.91 Å². The quantitative estimate of drug-likeness (QED) is 0.719. The van der Waals surface area contributed by atoms with Gasteiger partial charge in [0.15, 0.2) is 5.82 Å². The fourth-order valence-corrected chi connectivity index (χ4v) is 5.63. The lowest BCUT2D eigenvalue weighted by atomic mass is 9.99. The maximum absolute atomic E-state index is 13.3. The molecule has 2 fully saturated rings. The van der Waals surface area contributed by atoms with Crippen molar-refractivity contribution in [2.24, 2.45) is 11.7 Å². The van der Waals surface area contributed by atoms with Crippen molar-refractivity contribution in [1.29, 1.82) is 0 Å². The standard InChI is InChI=1S/C24H30N6O3/c1-29-19-13-26-24(27-17-11-10-14(21(25)31)12-20(17)33-2)28-22(19)30(15-6-3-4-7-15)18-9-5-8-16(18)23(29)32/h10-13,15-16,18H,3-9H2,1-2H3,(H2,25,31)(H,26,27,28)/t16-,18+/m0/s1. The van der Waals surface area contributed by atoms with Crippen molar-refractivity contribution >= 4 is 35.0 Å². The Kier molecular flexibility index (Phi) is 5.55. The summed E-state index contributed by atoms with van der Waals surface area (Å²) in [5, 5.41) is 3.23. The zero-order valence-electron chi connectivity index (χ0n) is 19.1. The second kappa shape index (κ2) is 8.53. The van der Waals surface area contributed by atoms with E-state index in [1.54, 1.807) is 29.3 Å². The first-order valence-corrected chi connectivity index (χ1v) is 11.7. The van der Waals surface area contributed by atoms with Crippen molar-refractivity contribution in [2.75, 3.05) is 29.3 Å². The Morgan fingerprint density at radius 2 is 1.97 bits per heavy atom. The highest BCUT2D eigenvalue weighted by molar-refractivity contribution is 5.99. The van der Waals surface area contributed by atoms with E-state index in [2.05, 4.69) is 15.2 Å². The molecular weight excluding hydrogens is 420 g/mol. The second-order valence-corrected chi connectivity index (χ2v) is 9.15. The molecule has 0 bridgehead atoms. The molecule has 2 saturated carbocycles. The summed E-state index contributed by atoms with van der Waals surface area (Å²) in [5.41, 5.74) is 7.14. The number of carbonyl (C=O) groups is 2. The number of nitrogens with one attached hydrogen (secondary N) is 1. The Morgan fingerprint density at radius 3 is 2.70 bits per heavy atom. The summed E-state index contributed by atoms with van der Waals surface area (Å²) >= 11 is 0. The minimum absolute atomic E-state index is 0.00245. The molecule has 3 aliphatic rings. The summed E-state index contributed by atoms with van der Waals surface area (Å²) in [6.45, 7) is 0. The molecule has 1 aromatic heterocycles. The van der Waals surface area contributed by atoms with E-state index in [1.807, 2.05) is 7.05 Å². The molecule has 2 amide bonds. The van der Waals surface area contributed by atoms with Gasteiger partial charge in [-0.05, 0) is 43.9 Å². The molecule has 0 spiro atoms. The molecule has 174 valence electrons. The number of carbonyl (C=O) groups excluding carboxylic acids is 2. The normalized spacial score (nSPS) is 22.7. The largest absolute Gasteiger partial charge is 0.495 e. The van der Waals surface area contributed by atoms with Crippen LogP contribution in [0.4, 0.5) is 23.1 Å². The molecular formula is C24H30N6O3. The number of rotatable bonds is 5. The zero-order valence-corrected chi connectivity index (χ0v) is 19.1. The van der Waals surface area contributed by atoms with Crippen LogP contribution in [0.25, 0.3) is 0 Å². The predicted octanol–water partition coefficient (Wildman–Crippen LogP) is 3.22. The monoisotopic (exact) mass is 450 g/mol. The number of hydrogen-bond donors (Lipinski definition) is 2. The Bertz CT molecular complexity index is 1080. The number of nitrogens with two attached hydrogens (primary N) is 1. The van der Waals surface area contributed by atoms with Crippen LogP contribution < -0.4 is 25.6 Å². The van der Waals surface area contributed by atoms with E-state index in [1.165, 1.54) is 20.0 Å². The van der Waals surface area contributed by atoms with Crippen molar-refractivity contribution in [2.45, 2.75) is 57.0 Å². The molecule has 2 aliphatic carbocycles. The highest BCUT2D eigenvalue weighted by atomic mass is 16.5. The molecule has 5 rings (SSSR count). The maximum Gasteiger partial charge on any atom is 0.248 e. The molecule has 0 unspecified atom stereocenters. The van der Waals surface area contributed by atoms with Crippen LogP contribution in [0.3, 0.4) is 0 Å². The van der Waals surface area contributed by atoms with E-state index in [0.29, 0.717) is 29.0 Å². The molecule has 2 heterocycles. The van der Waals surface area contributed by atoms with Crippen LogP contribution in [-0.4, -0.2) is 48.0 Å². The molecule has 1 aliphatic heterocycles. The molecule has 33 heavy (non-hydrogen) atoms. The van der Waals surface area contributed by atoms with Gasteiger partial charge in [-0.2, -0.15) is 4.98 Å². The summed E-state index contributed by atoms with van der Waals surface area (Å²) in [7, 11) is 3.36. The third-order valence-electron chi connectivity index (χ3n) is 7.29. The lowest BCUT2D eigenvalue weighted by Crippen LogP contribution is -2.46. The molecule has 9 nitrogen and oxygen atoms in total. The minimum atomic E-state index is -0.521. The lowest BCUT2D eigenvalue weighted by molar-refractivity contribution is -0.122. The number of benzene rings is 1. The molecule has 1 aromatic carbocycles. The van der Waals surface area contributed by atoms with Crippen LogP contribution in [0.2, 0.25) is 0 Å². The van der Waals surface area contributed by atoms with Gasteiger partial charge in [0.25, 0.3) is 0 Å². The Morgan fingerprint density at radius 1 is 1.18 bits per heavy atom. The van der Waals surface area contributed by atoms with Crippen molar-refractivity contribution < 1.29 is 14.3 Å². The van der Waals surface area contributed by atoms with E-state index >= 15 is 0 Å². The van der Waals surface area contributed by atoms with Crippen molar-refractivity contribution in [3.05, 3.63) is 30.0 Å². The number of hydrogen-bond acceptors (Lipinski definition) is 7. The summed E-state index contributed by atoms with van der Waals surface area (Å²) in [4.78, 5) is 38.4. The summed E-state index contributed by atoms with van der Waals surface area (Å²) in [6.07, 6.45) is 9.38. The predicted molar refractivity (Wildman–Crippen MR) is 126 cm³/mol. The van der Waals surface area contributed by atoms with Gasteiger partial charge in [0, 0.05) is 24.7 Å². The van der Waals surface area contributed by atoms with Crippen LogP contribution in [-0.2, 0) is 4.79 Å². The molecule has 9 heteroatoms. The first-order chi connectivity index (χ1) is 16.0. The second-order valence-electron chi connectivity index (χ2n) is 9.15. The number of amides is 2. The average Bonchev–Trinajstić information content (AvgIpc) is 3.50. The first kappa shape index (κ1) is 21.5. The van der Waals surface area contributed by atoms with Crippen molar-refractivity contribution in [1.82, 2.24) is 9.97 Å². The third kappa shape index (κ3) is 3.75. The van der Waals surface area contributed by atoms with E-state index in [9.17, 15) is 9.59 Å². The molecule has 0 saturated heterocycles. The number of anilines is 4. The summed E-state index contributed by atoms with van der Waals surface area (Å²) in [6, 6.07) is 5.52. The topological polar surface area (TPSA) is 114 Å². The molecule has 0 radical (unpaired) electrons. The van der Waals surface area contributed by atoms with Gasteiger partial charge in [-0.1, -0.05) is 19.3 Å². The van der Waals surface area contributed by atoms with Gasteiger partial charge in [-0.15, -0.1) is 0 Å². The zero-order chi connectivity index (χ0) is 23.1. The summed E-state index contributed by atoms with van der Waals surface area (Å²) in [5.74, 6) is 1.35. The Balaban J connectivity index is 1.55. The number of aromatic nitrogens is 2. The van der Waals surface area contributed by atoms with Gasteiger partial charge in [0.05, 0.1) is 24.9 Å². The highest BCUT2D eigenvalue weighted by Crippen LogP contribution is 2.45. The average molecular weight is 451 g/mol. The van der Waals surface area contributed by atoms with Gasteiger partial charge in [0.1, 0.15) is 11.4 Å². The number of primary amides is 1. The fourth-order valence-electron chi connectivity index (χ4n) is 5.63. The lowest BCUT2D eigenvalue weighted by Gasteiger charge is -2.36. The smallest absolute Gasteiger partial charge is 0.248 e. The van der Waals surface area contributed by atoms with E-state index in [0.717, 1.165) is 43.6 Å². The van der Waals surface area contributed by atoms with Crippen LogP contribution >= 0.6 is 0 Å². The van der Waals surface area contributed by atoms with Crippen LogP contribution in [0.1, 0.15) is 55.3 Å². The van der Waals surface area contributed by atoms with Crippen LogP contribution in [0.5, 0.6) is 5.75 Å². The van der Waals surface area contributed by atoms with Gasteiger partial charge < -0.3 is 25.6 Å². The highest BCUT2D eigenvalue weighted by Gasteiger charge is 2.45.